The van der Waals surface area contributed by atoms with Gasteiger partial charge in [0.25, 0.3) is 5.69 Å². The van der Waals surface area contributed by atoms with Crippen molar-refractivity contribution < 1.29 is 10.0 Å². The lowest BCUT2D eigenvalue weighted by Crippen LogP contribution is -2.38. The van der Waals surface area contributed by atoms with Crippen LogP contribution in [0.1, 0.15) is 18.5 Å². The van der Waals surface area contributed by atoms with Crippen LogP contribution in [-0.2, 0) is 0 Å². The summed E-state index contributed by atoms with van der Waals surface area (Å²) < 4.78 is 0. The van der Waals surface area contributed by atoms with Gasteiger partial charge in [-0.25, -0.2) is 9.97 Å². The number of anilines is 1. The quantitative estimate of drug-likeness (QED) is 0.690. The third-order valence-corrected chi connectivity index (χ3v) is 3.88. The number of aliphatic hydroxyl groups is 1. The first-order chi connectivity index (χ1) is 11.0. The number of rotatable bonds is 3. The van der Waals surface area contributed by atoms with Gasteiger partial charge in [-0.05, 0) is 19.8 Å². The van der Waals surface area contributed by atoms with Crippen molar-refractivity contribution in [1.82, 2.24) is 9.97 Å². The Balaban J connectivity index is 1.97. The summed E-state index contributed by atoms with van der Waals surface area (Å²) in [5, 5.41) is 20.8. The third-order valence-electron chi connectivity index (χ3n) is 3.88. The van der Waals surface area contributed by atoms with E-state index in [9.17, 15) is 15.2 Å². The predicted octanol–water partition coefficient (Wildman–Crippen LogP) is 2.32. The second-order valence-electron chi connectivity index (χ2n) is 5.74. The second-order valence-corrected chi connectivity index (χ2v) is 5.74. The number of aromatic nitrogens is 2. The minimum atomic E-state index is -0.429. The summed E-state index contributed by atoms with van der Waals surface area (Å²) in [6.07, 6.45) is 1.37. The highest BCUT2D eigenvalue weighted by Gasteiger charge is 2.20. The van der Waals surface area contributed by atoms with Crippen molar-refractivity contribution in [2.45, 2.75) is 25.9 Å². The van der Waals surface area contributed by atoms with Crippen molar-refractivity contribution in [3.05, 3.63) is 46.1 Å². The van der Waals surface area contributed by atoms with Crippen LogP contribution in [0.25, 0.3) is 11.4 Å². The molecule has 0 unspecified atom stereocenters. The van der Waals surface area contributed by atoms with Crippen molar-refractivity contribution >= 4 is 11.5 Å². The van der Waals surface area contributed by atoms with Crippen LogP contribution in [0.3, 0.4) is 0 Å². The molecule has 2 aromatic rings. The highest BCUT2D eigenvalue weighted by molar-refractivity contribution is 5.61. The lowest BCUT2D eigenvalue weighted by atomic mass is 10.1. The number of hydrogen-bond donors (Lipinski definition) is 1. The molecule has 1 aliphatic rings. The molecule has 0 saturated carbocycles. The maximum absolute atomic E-state index is 10.9. The Morgan fingerprint density at radius 1 is 1.35 bits per heavy atom. The number of hydrogen-bond acceptors (Lipinski definition) is 6. The van der Waals surface area contributed by atoms with Crippen LogP contribution in [0, 0.1) is 17.0 Å². The van der Waals surface area contributed by atoms with Gasteiger partial charge in [0.15, 0.2) is 5.82 Å². The van der Waals surface area contributed by atoms with Crippen molar-refractivity contribution in [1.29, 1.82) is 0 Å². The summed E-state index contributed by atoms with van der Waals surface area (Å²) in [6, 6.07) is 8.18. The number of benzene rings is 1. The normalized spacial score (nSPS) is 18.0. The van der Waals surface area contributed by atoms with Crippen molar-refractivity contribution in [2.24, 2.45) is 0 Å². The Kier molecular flexibility index (Phi) is 4.20. The molecule has 0 aliphatic carbocycles. The van der Waals surface area contributed by atoms with Gasteiger partial charge in [-0.3, -0.25) is 10.1 Å². The summed E-state index contributed by atoms with van der Waals surface area (Å²) in [5.41, 5.74) is 1.42. The molecular formula is C16H18N4O3. The molecule has 1 aliphatic heterocycles. The third kappa shape index (κ3) is 3.45. The van der Waals surface area contributed by atoms with E-state index in [0.717, 1.165) is 30.9 Å². The lowest BCUT2D eigenvalue weighted by Gasteiger charge is -2.31. The summed E-state index contributed by atoms with van der Waals surface area (Å²) in [7, 11) is 0. The zero-order valence-corrected chi connectivity index (χ0v) is 12.8. The molecule has 0 amide bonds. The standard InChI is InChI=1S/C16H18N4O3/c1-11-8-15(19-7-3-6-14(21)10-19)18-16(17-11)12-4-2-5-13(9-12)20(22)23/h2,4-5,8-9,14,21H,3,6-7,10H2,1H3/t14-/m0/s1. The number of aryl methyl sites for hydroxylation is 1. The number of non-ortho nitro benzene ring substituents is 1. The zero-order chi connectivity index (χ0) is 16.4. The molecule has 23 heavy (non-hydrogen) atoms. The number of aliphatic hydroxyl groups excluding tert-OH is 1. The molecule has 1 N–H and O–H groups in total. The van der Waals surface area contributed by atoms with E-state index < -0.39 is 4.92 Å². The van der Waals surface area contributed by atoms with Crippen molar-refractivity contribution in [3.63, 3.8) is 0 Å². The predicted molar refractivity (Wildman–Crippen MR) is 86.3 cm³/mol. The van der Waals surface area contributed by atoms with Crippen LogP contribution in [0.5, 0.6) is 0 Å². The number of nitrogens with zero attached hydrogens (tertiary/aromatic N) is 4. The van der Waals surface area contributed by atoms with Gasteiger partial charge in [-0.2, -0.15) is 0 Å². The van der Waals surface area contributed by atoms with E-state index in [2.05, 4.69) is 9.97 Å². The fourth-order valence-corrected chi connectivity index (χ4v) is 2.76. The molecule has 1 aromatic heterocycles. The van der Waals surface area contributed by atoms with Crippen LogP contribution in [0.4, 0.5) is 11.5 Å². The number of nitro benzene ring substituents is 1. The van der Waals surface area contributed by atoms with Crippen LogP contribution in [-0.4, -0.2) is 39.2 Å². The van der Waals surface area contributed by atoms with Gasteiger partial charge in [0.05, 0.1) is 11.0 Å². The van der Waals surface area contributed by atoms with Crippen LogP contribution >= 0.6 is 0 Å². The number of nitro groups is 1. The van der Waals surface area contributed by atoms with E-state index in [1.54, 1.807) is 12.1 Å². The average Bonchev–Trinajstić information content (AvgIpc) is 2.54. The highest BCUT2D eigenvalue weighted by atomic mass is 16.6. The van der Waals surface area contributed by atoms with E-state index in [0.29, 0.717) is 17.9 Å². The molecule has 7 heteroatoms. The van der Waals surface area contributed by atoms with Crippen LogP contribution in [0.2, 0.25) is 0 Å². The molecule has 1 aromatic carbocycles. The van der Waals surface area contributed by atoms with Crippen molar-refractivity contribution in [2.75, 3.05) is 18.0 Å². The van der Waals surface area contributed by atoms with Crippen LogP contribution < -0.4 is 4.90 Å². The van der Waals surface area contributed by atoms with Crippen molar-refractivity contribution in [3.8, 4) is 11.4 Å². The molecule has 2 heterocycles. The molecule has 0 radical (unpaired) electrons. The smallest absolute Gasteiger partial charge is 0.270 e. The summed E-state index contributed by atoms with van der Waals surface area (Å²) in [5.74, 6) is 1.21. The Bertz CT molecular complexity index is 735. The molecule has 7 nitrogen and oxygen atoms in total. The maximum atomic E-state index is 10.9. The van der Waals surface area contributed by atoms with Gasteiger partial charge >= 0.3 is 0 Å². The first kappa shape index (κ1) is 15.4. The maximum Gasteiger partial charge on any atom is 0.270 e. The van der Waals surface area contributed by atoms with E-state index in [1.165, 1.54) is 12.1 Å². The molecule has 0 spiro atoms. The molecule has 1 atom stereocenters. The minimum Gasteiger partial charge on any atom is -0.391 e. The zero-order valence-electron chi connectivity index (χ0n) is 12.8. The van der Waals surface area contributed by atoms with Gasteiger partial charge in [0.2, 0.25) is 0 Å². The molecule has 120 valence electrons. The van der Waals surface area contributed by atoms with E-state index in [-0.39, 0.29) is 11.8 Å². The largest absolute Gasteiger partial charge is 0.391 e. The number of piperidine rings is 1. The second kappa shape index (κ2) is 6.29. The Morgan fingerprint density at radius 3 is 2.91 bits per heavy atom. The van der Waals surface area contributed by atoms with Crippen LogP contribution in [0.15, 0.2) is 30.3 Å². The summed E-state index contributed by atoms with van der Waals surface area (Å²) >= 11 is 0. The fraction of sp³-hybridized carbons (Fsp3) is 0.375. The minimum absolute atomic E-state index is 0.0163. The lowest BCUT2D eigenvalue weighted by molar-refractivity contribution is -0.384. The highest BCUT2D eigenvalue weighted by Crippen LogP contribution is 2.25. The Labute approximate surface area is 133 Å². The van der Waals surface area contributed by atoms with E-state index in [4.69, 9.17) is 0 Å². The summed E-state index contributed by atoms with van der Waals surface area (Å²) in [4.78, 5) is 21.5. The molecule has 1 saturated heterocycles. The summed E-state index contributed by atoms with van der Waals surface area (Å²) in [6.45, 7) is 3.25. The monoisotopic (exact) mass is 314 g/mol. The molecular weight excluding hydrogens is 296 g/mol. The fourth-order valence-electron chi connectivity index (χ4n) is 2.76. The molecule has 3 rings (SSSR count). The van der Waals surface area contributed by atoms with Gasteiger partial charge in [0.1, 0.15) is 5.82 Å². The number of β-amino-alcohol motifs (C(OH)–C–C–N with tert-alkyl or cyclic N) is 1. The van der Waals surface area contributed by atoms with E-state index >= 15 is 0 Å². The Morgan fingerprint density at radius 2 is 2.17 bits per heavy atom. The first-order valence-electron chi connectivity index (χ1n) is 7.56. The van der Waals surface area contributed by atoms with Gasteiger partial charge < -0.3 is 10.0 Å². The Hall–Kier alpha value is -2.54. The topological polar surface area (TPSA) is 92.4 Å². The average molecular weight is 314 g/mol. The molecule has 1 fully saturated rings. The molecule has 0 bridgehead atoms. The SMILES string of the molecule is Cc1cc(N2CCC[C@H](O)C2)nc(-c2cccc([N+](=O)[O-])c2)n1. The first-order valence-corrected chi connectivity index (χ1v) is 7.56. The van der Waals surface area contributed by atoms with Gasteiger partial charge in [-0.1, -0.05) is 12.1 Å². The van der Waals surface area contributed by atoms with Gasteiger partial charge in [0, 0.05) is 42.5 Å². The van der Waals surface area contributed by atoms with Gasteiger partial charge in [-0.15, -0.1) is 0 Å². The van der Waals surface area contributed by atoms with E-state index in [1.807, 2.05) is 17.9 Å².